The van der Waals surface area contributed by atoms with Gasteiger partial charge in [-0.3, -0.25) is 9.69 Å². The Morgan fingerprint density at radius 3 is 2.62 bits per heavy atom. The first-order chi connectivity index (χ1) is 11.4. The summed E-state index contributed by atoms with van der Waals surface area (Å²) in [6.45, 7) is 11.5. The number of nitrogens with one attached hydrogen (secondary N) is 1. The van der Waals surface area contributed by atoms with E-state index in [4.69, 9.17) is 11.6 Å². The minimum Gasteiger partial charge on any atom is -0.353 e. The van der Waals surface area contributed by atoms with Crippen LogP contribution in [-0.4, -0.2) is 29.9 Å². The van der Waals surface area contributed by atoms with Gasteiger partial charge in [0.05, 0.1) is 5.92 Å². The van der Waals surface area contributed by atoms with E-state index in [1.54, 1.807) is 0 Å². The molecule has 1 fully saturated rings. The highest BCUT2D eigenvalue weighted by atomic mass is 35.5. The van der Waals surface area contributed by atoms with Crippen molar-refractivity contribution < 1.29 is 4.79 Å². The zero-order valence-corrected chi connectivity index (χ0v) is 16.1. The molecule has 1 aromatic carbocycles. The molecule has 4 heteroatoms. The van der Waals surface area contributed by atoms with Gasteiger partial charge in [-0.25, -0.2) is 0 Å². The maximum atomic E-state index is 12.7. The fourth-order valence-corrected chi connectivity index (χ4v) is 3.90. The van der Waals surface area contributed by atoms with Crippen LogP contribution >= 0.6 is 11.6 Å². The van der Waals surface area contributed by atoms with E-state index in [1.807, 2.05) is 18.2 Å². The predicted octanol–water partition coefficient (Wildman–Crippen LogP) is 4.35. The van der Waals surface area contributed by atoms with Gasteiger partial charge in [0.2, 0.25) is 5.91 Å². The third kappa shape index (κ3) is 5.49. The molecular formula is C20H31ClN2O. The number of nitrogens with zero attached hydrogens (tertiary/aromatic N) is 1. The number of halogens is 1. The maximum Gasteiger partial charge on any atom is 0.224 e. The highest BCUT2D eigenvalue weighted by Crippen LogP contribution is 2.21. The molecule has 1 aliphatic rings. The van der Waals surface area contributed by atoms with Crippen molar-refractivity contribution >= 4 is 17.5 Å². The van der Waals surface area contributed by atoms with Gasteiger partial charge in [-0.1, -0.05) is 51.4 Å². The minimum absolute atomic E-state index is 0.0953. The first-order valence-corrected chi connectivity index (χ1v) is 9.51. The molecule has 1 aromatic rings. The van der Waals surface area contributed by atoms with Gasteiger partial charge in [0.15, 0.2) is 0 Å². The summed E-state index contributed by atoms with van der Waals surface area (Å²) in [4.78, 5) is 15.1. The van der Waals surface area contributed by atoms with Crippen LogP contribution in [0, 0.1) is 17.8 Å². The largest absolute Gasteiger partial charge is 0.353 e. The molecule has 1 amide bonds. The second-order valence-electron chi connectivity index (χ2n) is 7.73. The van der Waals surface area contributed by atoms with E-state index in [0.717, 1.165) is 37.5 Å². The van der Waals surface area contributed by atoms with Crippen LogP contribution in [0.1, 0.15) is 46.1 Å². The lowest BCUT2D eigenvalue weighted by atomic mass is 9.91. The van der Waals surface area contributed by atoms with Crippen molar-refractivity contribution in [3.05, 3.63) is 34.9 Å². The van der Waals surface area contributed by atoms with E-state index >= 15 is 0 Å². The molecule has 0 aromatic heterocycles. The fourth-order valence-electron chi connectivity index (χ4n) is 3.69. The number of carbonyl (C=O) groups excluding carboxylic acids is 1. The smallest absolute Gasteiger partial charge is 0.224 e. The van der Waals surface area contributed by atoms with Crippen LogP contribution in [0.2, 0.25) is 5.02 Å². The summed E-state index contributed by atoms with van der Waals surface area (Å²) in [6, 6.07) is 8.25. The molecule has 1 aliphatic heterocycles. The monoisotopic (exact) mass is 350 g/mol. The number of hydrogen-bond acceptors (Lipinski definition) is 2. The number of piperidine rings is 1. The SMILES string of the molecule is CC(C)C(NC(=O)C1CCCN(Cc2cccc(Cl)c2)C1)C(C)C. The lowest BCUT2D eigenvalue weighted by Crippen LogP contribution is -2.48. The summed E-state index contributed by atoms with van der Waals surface area (Å²) in [5, 5.41) is 4.07. The van der Waals surface area contributed by atoms with E-state index in [-0.39, 0.29) is 17.9 Å². The quantitative estimate of drug-likeness (QED) is 0.827. The highest BCUT2D eigenvalue weighted by molar-refractivity contribution is 6.30. The molecule has 134 valence electrons. The molecular weight excluding hydrogens is 320 g/mol. The number of benzene rings is 1. The van der Waals surface area contributed by atoms with E-state index < -0.39 is 0 Å². The van der Waals surface area contributed by atoms with Crippen molar-refractivity contribution in [3.8, 4) is 0 Å². The number of amides is 1. The number of carbonyl (C=O) groups is 1. The second kappa shape index (κ2) is 8.87. The summed E-state index contributed by atoms with van der Waals surface area (Å²) < 4.78 is 0. The average Bonchev–Trinajstić information content (AvgIpc) is 2.52. The van der Waals surface area contributed by atoms with Crippen molar-refractivity contribution in [2.24, 2.45) is 17.8 Å². The third-order valence-electron chi connectivity index (χ3n) is 4.92. The minimum atomic E-state index is 0.0953. The summed E-state index contributed by atoms with van der Waals surface area (Å²) >= 11 is 6.08. The van der Waals surface area contributed by atoms with Crippen molar-refractivity contribution in [1.82, 2.24) is 10.2 Å². The second-order valence-corrected chi connectivity index (χ2v) is 8.16. The Morgan fingerprint density at radius 1 is 1.29 bits per heavy atom. The van der Waals surface area contributed by atoms with Gasteiger partial charge < -0.3 is 5.32 Å². The Labute approximate surface area is 151 Å². The molecule has 1 atom stereocenters. The summed E-state index contributed by atoms with van der Waals surface area (Å²) in [5.74, 6) is 1.23. The Morgan fingerprint density at radius 2 is 2.00 bits per heavy atom. The molecule has 1 N–H and O–H groups in total. The molecule has 1 saturated heterocycles. The van der Waals surface area contributed by atoms with Crippen molar-refractivity contribution in [1.29, 1.82) is 0 Å². The lowest BCUT2D eigenvalue weighted by molar-refractivity contribution is -0.128. The standard InChI is InChI=1S/C20H31ClN2O/c1-14(2)19(15(3)4)22-20(24)17-8-6-10-23(13-17)12-16-7-5-9-18(21)11-16/h5,7,9,11,14-15,17,19H,6,8,10,12-13H2,1-4H3,(H,22,24). The number of likely N-dealkylation sites (tertiary alicyclic amines) is 1. The zero-order valence-electron chi connectivity index (χ0n) is 15.4. The molecule has 0 spiro atoms. The Kier molecular flexibility index (Phi) is 7.12. The van der Waals surface area contributed by atoms with Gasteiger partial charge in [0.25, 0.3) is 0 Å². The van der Waals surface area contributed by atoms with Gasteiger partial charge in [0, 0.05) is 24.2 Å². The van der Waals surface area contributed by atoms with Crippen LogP contribution in [0.3, 0.4) is 0 Å². The number of rotatable bonds is 6. The van der Waals surface area contributed by atoms with Gasteiger partial charge in [-0.2, -0.15) is 0 Å². The van der Waals surface area contributed by atoms with Crippen LogP contribution in [0.15, 0.2) is 24.3 Å². The van der Waals surface area contributed by atoms with E-state index in [0.29, 0.717) is 11.8 Å². The number of hydrogen-bond donors (Lipinski definition) is 1. The first kappa shape index (κ1) is 19.3. The van der Waals surface area contributed by atoms with Crippen LogP contribution < -0.4 is 5.32 Å². The fraction of sp³-hybridized carbons (Fsp3) is 0.650. The van der Waals surface area contributed by atoms with Crippen LogP contribution in [-0.2, 0) is 11.3 Å². The average molecular weight is 351 g/mol. The molecule has 24 heavy (non-hydrogen) atoms. The highest BCUT2D eigenvalue weighted by Gasteiger charge is 2.28. The van der Waals surface area contributed by atoms with Gasteiger partial charge >= 0.3 is 0 Å². The molecule has 2 rings (SSSR count). The molecule has 0 saturated carbocycles. The van der Waals surface area contributed by atoms with E-state index in [9.17, 15) is 4.79 Å². The Balaban J connectivity index is 1.93. The van der Waals surface area contributed by atoms with Crippen molar-refractivity contribution in [3.63, 3.8) is 0 Å². The van der Waals surface area contributed by atoms with Crippen molar-refractivity contribution in [2.45, 2.75) is 53.1 Å². The van der Waals surface area contributed by atoms with Gasteiger partial charge in [-0.05, 0) is 48.9 Å². The lowest BCUT2D eigenvalue weighted by Gasteiger charge is -2.34. The van der Waals surface area contributed by atoms with Crippen LogP contribution in [0.4, 0.5) is 0 Å². The predicted molar refractivity (Wildman–Crippen MR) is 101 cm³/mol. The molecule has 0 aliphatic carbocycles. The zero-order chi connectivity index (χ0) is 17.7. The Hall–Kier alpha value is -1.06. The van der Waals surface area contributed by atoms with Crippen LogP contribution in [0.5, 0.6) is 0 Å². The molecule has 1 heterocycles. The van der Waals surface area contributed by atoms with E-state index in [1.165, 1.54) is 5.56 Å². The summed E-state index contributed by atoms with van der Waals surface area (Å²) in [7, 11) is 0. The Bertz CT molecular complexity index is 536. The topological polar surface area (TPSA) is 32.3 Å². The van der Waals surface area contributed by atoms with E-state index in [2.05, 4.69) is 44.0 Å². The molecule has 0 radical (unpaired) electrons. The maximum absolute atomic E-state index is 12.7. The normalized spacial score (nSPS) is 19.2. The first-order valence-electron chi connectivity index (χ1n) is 9.14. The van der Waals surface area contributed by atoms with Gasteiger partial charge in [0.1, 0.15) is 0 Å². The molecule has 0 bridgehead atoms. The summed E-state index contributed by atoms with van der Waals surface area (Å²) in [6.07, 6.45) is 2.06. The summed E-state index contributed by atoms with van der Waals surface area (Å²) in [5.41, 5.74) is 1.21. The molecule has 3 nitrogen and oxygen atoms in total. The third-order valence-corrected chi connectivity index (χ3v) is 5.15. The molecule has 1 unspecified atom stereocenters. The van der Waals surface area contributed by atoms with Gasteiger partial charge in [-0.15, -0.1) is 0 Å². The van der Waals surface area contributed by atoms with Crippen LogP contribution in [0.25, 0.3) is 0 Å². The van der Waals surface area contributed by atoms with Crippen molar-refractivity contribution in [2.75, 3.05) is 13.1 Å².